The van der Waals surface area contributed by atoms with Crippen molar-refractivity contribution in [2.75, 3.05) is 11.9 Å². The van der Waals surface area contributed by atoms with Gasteiger partial charge in [-0.05, 0) is 19.8 Å². The Labute approximate surface area is 105 Å². The average molecular weight is 244 g/mol. The molecule has 18 heavy (non-hydrogen) atoms. The molecule has 6 heteroatoms. The Hall–Kier alpha value is -1.98. The fraction of sp³-hybridized carbons (Fsp3) is 0.500. The highest BCUT2D eigenvalue weighted by atomic mass is 15.4. The van der Waals surface area contributed by atoms with Crippen LogP contribution in [0.3, 0.4) is 0 Å². The molecule has 0 aromatic carbocycles. The summed E-state index contributed by atoms with van der Waals surface area (Å²) in [7, 11) is 1.87. The number of anilines is 1. The second-order valence-electron chi connectivity index (χ2n) is 4.54. The highest BCUT2D eigenvalue weighted by molar-refractivity contribution is 5.58. The normalized spacial score (nSPS) is 14.8. The lowest BCUT2D eigenvalue weighted by molar-refractivity contribution is 0.718. The maximum Gasteiger partial charge on any atom is 0.134 e. The van der Waals surface area contributed by atoms with Crippen LogP contribution in [-0.2, 0) is 7.05 Å². The van der Waals surface area contributed by atoms with Crippen LogP contribution in [0.25, 0.3) is 11.4 Å². The van der Waals surface area contributed by atoms with E-state index in [0.717, 1.165) is 29.6 Å². The summed E-state index contributed by atoms with van der Waals surface area (Å²) in [6.45, 7) is 2.91. The Morgan fingerprint density at radius 1 is 1.39 bits per heavy atom. The number of hydrogen-bond acceptors (Lipinski definition) is 5. The van der Waals surface area contributed by atoms with Crippen LogP contribution in [0, 0.1) is 0 Å². The molecule has 0 radical (unpaired) electrons. The van der Waals surface area contributed by atoms with Crippen molar-refractivity contribution in [3.8, 4) is 11.4 Å². The first-order chi connectivity index (χ1) is 8.78. The third-order valence-corrected chi connectivity index (χ3v) is 3.02. The Bertz CT molecular complexity index is 557. The molecule has 6 nitrogen and oxygen atoms in total. The maximum atomic E-state index is 4.63. The highest BCUT2D eigenvalue weighted by Crippen LogP contribution is 2.39. The summed E-state index contributed by atoms with van der Waals surface area (Å²) in [5, 5.41) is 11.1. The van der Waals surface area contributed by atoms with Gasteiger partial charge in [0.1, 0.15) is 17.3 Å². The predicted octanol–water partition coefficient (Wildman–Crippen LogP) is 1.58. The van der Waals surface area contributed by atoms with Crippen LogP contribution in [-0.4, -0.2) is 31.5 Å². The zero-order chi connectivity index (χ0) is 12.5. The first kappa shape index (κ1) is 11.1. The van der Waals surface area contributed by atoms with E-state index in [2.05, 4.69) is 32.5 Å². The van der Waals surface area contributed by atoms with E-state index in [1.807, 2.05) is 13.1 Å². The van der Waals surface area contributed by atoms with Gasteiger partial charge in [0.05, 0.1) is 11.9 Å². The monoisotopic (exact) mass is 244 g/mol. The van der Waals surface area contributed by atoms with Crippen LogP contribution < -0.4 is 5.32 Å². The molecule has 1 aliphatic carbocycles. The molecule has 2 heterocycles. The Morgan fingerprint density at radius 3 is 2.83 bits per heavy atom. The number of rotatable bonds is 4. The number of nitrogens with one attached hydrogen (secondary N) is 1. The van der Waals surface area contributed by atoms with Gasteiger partial charge in [-0.25, -0.2) is 14.6 Å². The summed E-state index contributed by atoms with van der Waals surface area (Å²) in [4.78, 5) is 9.18. The maximum absolute atomic E-state index is 4.63. The molecule has 0 atom stereocenters. The van der Waals surface area contributed by atoms with Gasteiger partial charge in [-0.2, -0.15) is 0 Å². The second kappa shape index (κ2) is 4.36. The molecule has 2 aromatic rings. The molecule has 1 aliphatic rings. The first-order valence-corrected chi connectivity index (χ1v) is 6.26. The van der Waals surface area contributed by atoms with Gasteiger partial charge >= 0.3 is 0 Å². The summed E-state index contributed by atoms with van der Waals surface area (Å²) < 4.78 is 1.73. The third kappa shape index (κ3) is 2.05. The molecule has 0 bridgehead atoms. The lowest BCUT2D eigenvalue weighted by Crippen LogP contribution is -2.05. The standard InChI is InChI=1S/C12H16N6/c1-3-13-11-6-9(10-7-14-17-18(10)2)15-12(16-11)8-4-5-8/h6-8H,3-5H2,1-2H3,(H,13,15,16). The van der Waals surface area contributed by atoms with Gasteiger partial charge in [0.15, 0.2) is 0 Å². The van der Waals surface area contributed by atoms with E-state index in [1.54, 1.807) is 10.9 Å². The number of aryl methyl sites for hydroxylation is 1. The Balaban J connectivity index is 2.04. The second-order valence-corrected chi connectivity index (χ2v) is 4.54. The van der Waals surface area contributed by atoms with Gasteiger partial charge in [-0.3, -0.25) is 0 Å². The molecule has 1 N–H and O–H groups in total. The van der Waals surface area contributed by atoms with Crippen molar-refractivity contribution in [3.63, 3.8) is 0 Å². The molecule has 3 rings (SSSR count). The van der Waals surface area contributed by atoms with Gasteiger partial charge in [0.2, 0.25) is 0 Å². The zero-order valence-electron chi connectivity index (χ0n) is 10.6. The van der Waals surface area contributed by atoms with Crippen LogP contribution in [0.1, 0.15) is 31.5 Å². The molecule has 1 saturated carbocycles. The Morgan fingerprint density at radius 2 is 2.22 bits per heavy atom. The fourth-order valence-corrected chi connectivity index (χ4v) is 1.91. The van der Waals surface area contributed by atoms with Crippen LogP contribution in [0.15, 0.2) is 12.3 Å². The van der Waals surface area contributed by atoms with Crippen LogP contribution in [0.2, 0.25) is 0 Å². The first-order valence-electron chi connectivity index (χ1n) is 6.26. The van der Waals surface area contributed by atoms with Crippen molar-refractivity contribution < 1.29 is 0 Å². The van der Waals surface area contributed by atoms with Crippen molar-refractivity contribution in [3.05, 3.63) is 18.1 Å². The van der Waals surface area contributed by atoms with Crippen molar-refractivity contribution in [2.24, 2.45) is 7.05 Å². The fourth-order valence-electron chi connectivity index (χ4n) is 1.91. The minimum atomic E-state index is 0.531. The topological polar surface area (TPSA) is 68.5 Å². The molecular weight excluding hydrogens is 228 g/mol. The van der Waals surface area contributed by atoms with Crippen LogP contribution in [0.4, 0.5) is 5.82 Å². The molecule has 2 aromatic heterocycles. The summed E-state index contributed by atoms with van der Waals surface area (Å²) in [5.74, 6) is 2.35. The largest absolute Gasteiger partial charge is 0.370 e. The molecule has 94 valence electrons. The minimum Gasteiger partial charge on any atom is -0.370 e. The molecule has 0 spiro atoms. The van der Waals surface area contributed by atoms with E-state index in [-0.39, 0.29) is 0 Å². The van der Waals surface area contributed by atoms with Gasteiger partial charge in [-0.1, -0.05) is 5.21 Å². The summed E-state index contributed by atoms with van der Waals surface area (Å²) in [6.07, 6.45) is 4.12. The molecule has 0 unspecified atom stereocenters. The highest BCUT2D eigenvalue weighted by Gasteiger charge is 2.27. The summed E-state index contributed by atoms with van der Waals surface area (Å²) >= 11 is 0. The summed E-state index contributed by atoms with van der Waals surface area (Å²) in [5.41, 5.74) is 1.80. The van der Waals surface area contributed by atoms with E-state index < -0.39 is 0 Å². The van der Waals surface area contributed by atoms with E-state index in [0.29, 0.717) is 5.92 Å². The van der Waals surface area contributed by atoms with E-state index in [9.17, 15) is 0 Å². The van der Waals surface area contributed by atoms with Gasteiger partial charge < -0.3 is 5.32 Å². The van der Waals surface area contributed by atoms with E-state index >= 15 is 0 Å². The lowest BCUT2D eigenvalue weighted by atomic mass is 10.2. The third-order valence-electron chi connectivity index (χ3n) is 3.02. The van der Waals surface area contributed by atoms with Crippen LogP contribution in [0.5, 0.6) is 0 Å². The SMILES string of the molecule is CCNc1cc(-c2cnnn2C)nc(C2CC2)n1. The number of hydrogen-bond donors (Lipinski definition) is 1. The van der Waals surface area contributed by atoms with Gasteiger partial charge in [0, 0.05) is 25.6 Å². The van der Waals surface area contributed by atoms with Crippen molar-refractivity contribution in [1.29, 1.82) is 0 Å². The van der Waals surface area contributed by atoms with Crippen molar-refractivity contribution in [1.82, 2.24) is 25.0 Å². The quantitative estimate of drug-likeness (QED) is 0.884. The minimum absolute atomic E-state index is 0.531. The Kier molecular flexibility index (Phi) is 2.70. The van der Waals surface area contributed by atoms with Crippen molar-refractivity contribution in [2.45, 2.75) is 25.7 Å². The predicted molar refractivity (Wildman–Crippen MR) is 68.2 cm³/mol. The average Bonchev–Trinajstić information content (AvgIpc) is 3.12. The molecule has 0 amide bonds. The number of nitrogens with zero attached hydrogens (tertiary/aromatic N) is 5. The smallest absolute Gasteiger partial charge is 0.134 e. The van der Waals surface area contributed by atoms with Gasteiger partial charge in [0.25, 0.3) is 0 Å². The van der Waals surface area contributed by atoms with Crippen molar-refractivity contribution >= 4 is 5.82 Å². The molecular formula is C12H16N6. The van der Waals surface area contributed by atoms with Crippen LogP contribution >= 0.6 is 0 Å². The molecule has 0 aliphatic heterocycles. The van der Waals surface area contributed by atoms with Gasteiger partial charge in [-0.15, -0.1) is 5.10 Å². The lowest BCUT2D eigenvalue weighted by Gasteiger charge is -2.08. The molecule has 0 saturated heterocycles. The molecule has 1 fully saturated rings. The zero-order valence-corrected chi connectivity index (χ0v) is 10.6. The van der Waals surface area contributed by atoms with E-state index in [1.165, 1.54) is 12.8 Å². The summed E-state index contributed by atoms with van der Waals surface area (Å²) in [6, 6.07) is 1.95. The number of aromatic nitrogens is 5. The van der Waals surface area contributed by atoms with E-state index in [4.69, 9.17) is 0 Å².